The largest absolute Gasteiger partial charge is 0.472 e. The first-order chi connectivity index (χ1) is 18.4. The van der Waals surface area contributed by atoms with Gasteiger partial charge >= 0.3 is 0 Å². The lowest BCUT2D eigenvalue weighted by Crippen LogP contribution is -2.36. The molecule has 1 unspecified atom stereocenters. The highest BCUT2D eigenvalue weighted by molar-refractivity contribution is 9.10. The van der Waals surface area contributed by atoms with Crippen LogP contribution in [0.1, 0.15) is 40.1 Å². The van der Waals surface area contributed by atoms with Crippen LogP contribution in [0.3, 0.4) is 0 Å². The molecule has 2 aromatic heterocycles. The van der Waals surface area contributed by atoms with Gasteiger partial charge in [-0.15, -0.1) is 5.10 Å². The van der Waals surface area contributed by atoms with Gasteiger partial charge in [0.05, 0.1) is 22.4 Å². The number of nitrogens with one attached hydrogen (secondary N) is 2. The van der Waals surface area contributed by atoms with Gasteiger partial charge in [-0.25, -0.2) is 9.67 Å². The number of amides is 2. The van der Waals surface area contributed by atoms with Crippen LogP contribution < -0.4 is 15.4 Å². The topological polar surface area (TPSA) is 107 Å². The minimum absolute atomic E-state index is 0.0207. The normalized spacial score (nSPS) is 17.5. The number of halogens is 3. The Balaban J connectivity index is 1.42. The third-order valence-electron chi connectivity index (χ3n) is 6.06. The predicted molar refractivity (Wildman–Crippen MR) is 151 cm³/mol. The maximum Gasteiger partial charge on any atom is 0.274 e. The van der Waals surface area contributed by atoms with E-state index >= 15 is 0 Å². The number of ether oxygens (including phenoxy) is 2. The summed E-state index contributed by atoms with van der Waals surface area (Å²) in [5, 5.41) is 10.8. The van der Waals surface area contributed by atoms with Gasteiger partial charge in [-0.05, 0) is 59.5 Å². The molecule has 9 nitrogen and oxygen atoms in total. The molecule has 13 heteroatoms. The molecule has 1 aromatic carbocycles. The van der Waals surface area contributed by atoms with Gasteiger partial charge in [0.1, 0.15) is 11.8 Å². The van der Waals surface area contributed by atoms with Crippen LogP contribution in [-0.4, -0.2) is 63.4 Å². The average Bonchev–Trinajstić information content (AvgIpc) is 3.31. The highest BCUT2D eigenvalue weighted by Gasteiger charge is 2.27. The number of hydrogen-bond acceptors (Lipinski definition) is 7. The first-order valence-corrected chi connectivity index (χ1v) is 14.7. The van der Waals surface area contributed by atoms with Crippen LogP contribution in [0.25, 0.3) is 5.82 Å². The lowest BCUT2D eigenvalue weighted by molar-refractivity contribution is 0.0169. The van der Waals surface area contributed by atoms with E-state index in [1.807, 2.05) is 0 Å². The van der Waals surface area contributed by atoms with Crippen molar-refractivity contribution in [2.75, 3.05) is 30.0 Å². The average molecular weight is 641 g/mol. The third kappa shape index (κ3) is 6.28. The fourth-order valence-corrected chi connectivity index (χ4v) is 5.73. The van der Waals surface area contributed by atoms with Crippen molar-refractivity contribution in [2.24, 2.45) is 0 Å². The van der Waals surface area contributed by atoms with Gasteiger partial charge in [0.2, 0.25) is 5.88 Å². The summed E-state index contributed by atoms with van der Waals surface area (Å²) in [6, 6.07) is 7.99. The van der Waals surface area contributed by atoms with E-state index in [4.69, 9.17) is 32.7 Å². The lowest BCUT2D eigenvalue weighted by atomic mass is 10.1. The Kier molecular flexibility index (Phi) is 8.79. The summed E-state index contributed by atoms with van der Waals surface area (Å²) in [4.78, 5) is 31.1. The molecule has 2 aliphatic rings. The van der Waals surface area contributed by atoms with E-state index in [-0.39, 0.29) is 46.8 Å². The molecule has 1 atom stereocenters. The van der Waals surface area contributed by atoms with Gasteiger partial charge in [0.15, 0.2) is 5.82 Å². The van der Waals surface area contributed by atoms with Crippen LogP contribution in [0, 0.1) is 0 Å². The number of thioether (sulfide) groups is 1. The van der Waals surface area contributed by atoms with E-state index < -0.39 is 5.91 Å². The van der Waals surface area contributed by atoms with Crippen LogP contribution in [0.5, 0.6) is 5.88 Å². The summed E-state index contributed by atoms with van der Waals surface area (Å²) >= 11 is 17.8. The summed E-state index contributed by atoms with van der Waals surface area (Å²) in [5.41, 5.74) is 0.606. The summed E-state index contributed by atoms with van der Waals surface area (Å²) < 4.78 is 13.4. The third-order valence-corrected chi connectivity index (χ3v) is 8.41. The Bertz CT molecular complexity index is 1350. The Morgan fingerprint density at radius 2 is 2.05 bits per heavy atom. The molecular weight excluding hydrogens is 617 g/mol. The van der Waals surface area contributed by atoms with Crippen molar-refractivity contribution in [1.29, 1.82) is 0 Å². The molecule has 0 radical (unpaired) electrons. The molecule has 38 heavy (non-hydrogen) atoms. The van der Waals surface area contributed by atoms with Crippen molar-refractivity contribution < 1.29 is 19.1 Å². The van der Waals surface area contributed by atoms with E-state index in [0.29, 0.717) is 27.7 Å². The second-order valence-electron chi connectivity index (χ2n) is 8.83. The van der Waals surface area contributed by atoms with Gasteiger partial charge in [0.25, 0.3) is 11.8 Å². The molecule has 0 bridgehead atoms. The van der Waals surface area contributed by atoms with Gasteiger partial charge in [-0.1, -0.05) is 23.2 Å². The summed E-state index contributed by atoms with van der Waals surface area (Å²) in [6.45, 7) is 1.05. The van der Waals surface area contributed by atoms with Crippen molar-refractivity contribution in [3.05, 3.63) is 62.3 Å². The van der Waals surface area contributed by atoms with Gasteiger partial charge < -0.3 is 20.1 Å². The zero-order valence-corrected chi connectivity index (χ0v) is 24.0. The molecule has 0 saturated carbocycles. The number of rotatable bonds is 8. The smallest absolute Gasteiger partial charge is 0.274 e. The second-order valence-corrected chi connectivity index (χ2v) is 11.6. The molecule has 0 aliphatic carbocycles. The molecule has 5 rings (SSSR count). The zero-order valence-electron chi connectivity index (χ0n) is 20.1. The summed E-state index contributed by atoms with van der Waals surface area (Å²) in [7, 11) is 0. The number of benzene rings is 1. The van der Waals surface area contributed by atoms with Crippen molar-refractivity contribution in [3.63, 3.8) is 0 Å². The van der Waals surface area contributed by atoms with Crippen LogP contribution in [0.4, 0.5) is 5.69 Å². The molecule has 2 saturated heterocycles. The van der Waals surface area contributed by atoms with Crippen LogP contribution in [-0.2, 0) is 4.74 Å². The van der Waals surface area contributed by atoms with Gasteiger partial charge in [0, 0.05) is 46.4 Å². The number of aromatic nitrogens is 3. The SMILES string of the molecule is O=C(NCC1CCCCO1)c1cc(Cl)cc(Br)c1NC(=O)c1cc(OC2CSC2)nn1-c1ncccc1Cl. The molecule has 4 heterocycles. The summed E-state index contributed by atoms with van der Waals surface area (Å²) in [5.74, 6) is 1.33. The van der Waals surface area contributed by atoms with Crippen LogP contribution in [0.15, 0.2) is 41.0 Å². The quantitative estimate of drug-likeness (QED) is 0.340. The van der Waals surface area contributed by atoms with Crippen molar-refractivity contribution >= 4 is 68.4 Å². The first-order valence-electron chi connectivity index (χ1n) is 12.0. The monoisotopic (exact) mass is 639 g/mol. The number of nitrogens with zero attached hydrogens (tertiary/aromatic N) is 3. The van der Waals surface area contributed by atoms with Gasteiger partial charge in [-0.3, -0.25) is 9.59 Å². The Hall–Kier alpha value is -2.31. The highest BCUT2D eigenvalue weighted by Crippen LogP contribution is 2.32. The number of hydrogen-bond donors (Lipinski definition) is 2. The molecule has 200 valence electrons. The minimum Gasteiger partial charge on any atom is -0.472 e. The van der Waals surface area contributed by atoms with E-state index in [1.54, 1.807) is 36.2 Å². The fourth-order valence-electron chi connectivity index (χ4n) is 4.05. The number of anilines is 1. The standard InChI is InChI=1S/C25H24BrCl2N5O4S/c26-18-9-14(27)8-17(24(34)30-11-15-4-1-2-7-36-15)22(18)31-25(35)20-10-21(37-16-12-38-13-16)32-33(20)23-19(28)5-3-6-29-23/h3,5-6,8-10,15-16H,1-2,4,7,11-13H2,(H,30,34)(H,31,35). The Morgan fingerprint density at radius 3 is 2.76 bits per heavy atom. The van der Waals surface area contributed by atoms with E-state index in [0.717, 1.165) is 30.8 Å². The molecule has 2 fully saturated rings. The maximum atomic E-state index is 13.6. The number of carbonyl (C=O) groups is 2. The van der Waals surface area contributed by atoms with Gasteiger partial charge in [-0.2, -0.15) is 11.8 Å². The molecule has 3 aromatic rings. The Labute approximate surface area is 242 Å². The van der Waals surface area contributed by atoms with E-state index in [1.165, 1.54) is 16.8 Å². The lowest BCUT2D eigenvalue weighted by Gasteiger charge is -2.24. The van der Waals surface area contributed by atoms with Crippen molar-refractivity contribution in [1.82, 2.24) is 20.1 Å². The number of pyridine rings is 1. The fraction of sp³-hybridized carbons (Fsp3) is 0.360. The number of carbonyl (C=O) groups excluding carboxylic acids is 2. The van der Waals surface area contributed by atoms with Crippen molar-refractivity contribution in [2.45, 2.75) is 31.5 Å². The van der Waals surface area contributed by atoms with Crippen molar-refractivity contribution in [3.8, 4) is 11.7 Å². The molecule has 0 spiro atoms. The minimum atomic E-state index is -0.537. The molecular formula is C25H24BrCl2N5O4S. The van der Waals surface area contributed by atoms with Crippen LogP contribution >= 0.6 is 50.9 Å². The predicted octanol–water partition coefficient (Wildman–Crippen LogP) is 5.38. The van der Waals surface area contributed by atoms with E-state index in [2.05, 4.69) is 36.6 Å². The molecule has 2 aliphatic heterocycles. The highest BCUT2D eigenvalue weighted by atomic mass is 79.9. The van der Waals surface area contributed by atoms with E-state index in [9.17, 15) is 9.59 Å². The van der Waals surface area contributed by atoms with Crippen LogP contribution in [0.2, 0.25) is 10.0 Å². The summed E-state index contributed by atoms with van der Waals surface area (Å²) in [6.07, 6.45) is 4.50. The zero-order chi connectivity index (χ0) is 26.6. The second kappa shape index (κ2) is 12.3. The first kappa shape index (κ1) is 27.3. The molecule has 2 amide bonds. The Morgan fingerprint density at radius 1 is 1.21 bits per heavy atom. The maximum absolute atomic E-state index is 13.6. The molecule has 2 N–H and O–H groups in total.